The smallest absolute Gasteiger partial charge is 0.0795 e. The summed E-state index contributed by atoms with van der Waals surface area (Å²) in [5.74, 6) is 0. The quantitative estimate of drug-likeness (QED) is 0.832. The van der Waals surface area contributed by atoms with Gasteiger partial charge in [-0.3, -0.25) is 0 Å². The van der Waals surface area contributed by atoms with Crippen molar-refractivity contribution in [2.45, 2.75) is 53.1 Å². The van der Waals surface area contributed by atoms with Crippen molar-refractivity contribution in [2.24, 2.45) is 5.41 Å². The van der Waals surface area contributed by atoms with Gasteiger partial charge in [-0.2, -0.15) is 0 Å². The Morgan fingerprint density at radius 3 is 2.73 bits per heavy atom. The van der Waals surface area contributed by atoms with Gasteiger partial charge < -0.3 is 5.32 Å². The van der Waals surface area contributed by atoms with Gasteiger partial charge in [0.1, 0.15) is 0 Å². The van der Waals surface area contributed by atoms with Crippen LogP contribution in [0.2, 0.25) is 0 Å². The van der Waals surface area contributed by atoms with E-state index in [0.29, 0.717) is 11.5 Å². The lowest BCUT2D eigenvalue weighted by Gasteiger charge is -2.21. The molecule has 0 fully saturated rings. The number of hydrogen-bond acceptors (Lipinski definition) is 3. The van der Waals surface area contributed by atoms with Crippen LogP contribution in [-0.2, 0) is 6.54 Å². The van der Waals surface area contributed by atoms with Crippen molar-refractivity contribution >= 4 is 11.3 Å². The molecule has 3 heteroatoms. The molecule has 1 rings (SSSR count). The molecule has 1 aromatic heterocycles. The largest absolute Gasteiger partial charge is 0.309 e. The Morgan fingerprint density at radius 2 is 2.20 bits per heavy atom. The number of aromatic nitrogens is 1. The number of rotatable bonds is 5. The number of nitrogens with zero attached hydrogens (tertiary/aromatic N) is 1. The molecule has 0 aliphatic carbocycles. The molecule has 0 spiro atoms. The summed E-state index contributed by atoms with van der Waals surface area (Å²) in [6.07, 6.45) is 2.49. The Kier molecular flexibility index (Phi) is 4.74. The van der Waals surface area contributed by atoms with Gasteiger partial charge in [0.2, 0.25) is 0 Å². The fourth-order valence-corrected chi connectivity index (χ4v) is 1.91. The molecule has 0 saturated heterocycles. The summed E-state index contributed by atoms with van der Waals surface area (Å²) < 4.78 is 0. The standard InChI is InChI=1S/C12H22N2S/c1-10(5-6-12(2,3)4)13-7-11-8-15-9-14-11/h8-10,13H,5-7H2,1-4H3. The van der Waals surface area contributed by atoms with Crippen molar-refractivity contribution in [2.75, 3.05) is 0 Å². The number of hydrogen-bond donors (Lipinski definition) is 1. The second-order valence-electron chi connectivity index (χ2n) is 5.36. The lowest BCUT2D eigenvalue weighted by Crippen LogP contribution is -2.26. The molecule has 0 saturated carbocycles. The summed E-state index contributed by atoms with van der Waals surface area (Å²) in [4.78, 5) is 4.25. The van der Waals surface area contributed by atoms with E-state index in [1.54, 1.807) is 11.3 Å². The fraction of sp³-hybridized carbons (Fsp3) is 0.750. The number of thiazole rings is 1. The molecular formula is C12H22N2S. The summed E-state index contributed by atoms with van der Waals surface area (Å²) in [6, 6.07) is 0.575. The monoisotopic (exact) mass is 226 g/mol. The third kappa shape index (κ3) is 5.90. The first-order valence-corrected chi connectivity index (χ1v) is 6.52. The van der Waals surface area contributed by atoms with Crippen LogP contribution >= 0.6 is 11.3 Å². The molecule has 1 aromatic rings. The van der Waals surface area contributed by atoms with Gasteiger partial charge in [0.25, 0.3) is 0 Å². The molecule has 0 aliphatic rings. The van der Waals surface area contributed by atoms with E-state index in [-0.39, 0.29) is 0 Å². The van der Waals surface area contributed by atoms with Gasteiger partial charge >= 0.3 is 0 Å². The molecule has 86 valence electrons. The topological polar surface area (TPSA) is 24.9 Å². The molecule has 0 aliphatic heterocycles. The summed E-state index contributed by atoms with van der Waals surface area (Å²) >= 11 is 1.66. The highest BCUT2D eigenvalue weighted by Crippen LogP contribution is 2.21. The highest BCUT2D eigenvalue weighted by Gasteiger charge is 2.12. The summed E-state index contributed by atoms with van der Waals surface area (Å²) in [6.45, 7) is 10.0. The zero-order valence-electron chi connectivity index (χ0n) is 10.2. The predicted molar refractivity (Wildman–Crippen MR) is 67.1 cm³/mol. The van der Waals surface area contributed by atoms with Gasteiger partial charge in [0.05, 0.1) is 11.2 Å². The lowest BCUT2D eigenvalue weighted by atomic mass is 9.89. The Hall–Kier alpha value is -0.410. The highest BCUT2D eigenvalue weighted by atomic mass is 32.1. The molecule has 0 radical (unpaired) electrons. The predicted octanol–water partition coefficient (Wildman–Crippen LogP) is 3.45. The van der Waals surface area contributed by atoms with Crippen molar-refractivity contribution < 1.29 is 0 Å². The summed E-state index contributed by atoms with van der Waals surface area (Å²) in [5, 5.41) is 5.60. The Balaban J connectivity index is 2.16. The van der Waals surface area contributed by atoms with Gasteiger partial charge in [-0.25, -0.2) is 4.98 Å². The third-order valence-electron chi connectivity index (χ3n) is 2.44. The zero-order chi connectivity index (χ0) is 11.3. The molecule has 1 N–H and O–H groups in total. The van der Waals surface area contributed by atoms with Crippen LogP contribution in [0.1, 0.15) is 46.2 Å². The summed E-state index contributed by atoms with van der Waals surface area (Å²) in [7, 11) is 0. The van der Waals surface area contributed by atoms with Gasteiger partial charge in [0.15, 0.2) is 0 Å². The molecule has 0 amide bonds. The van der Waals surface area contributed by atoms with Gasteiger partial charge in [-0.1, -0.05) is 20.8 Å². The van der Waals surface area contributed by atoms with Crippen LogP contribution in [0.25, 0.3) is 0 Å². The van der Waals surface area contributed by atoms with Crippen LogP contribution < -0.4 is 5.32 Å². The SMILES string of the molecule is CC(CCC(C)(C)C)NCc1cscn1. The van der Waals surface area contributed by atoms with Crippen LogP contribution in [-0.4, -0.2) is 11.0 Å². The Morgan fingerprint density at radius 1 is 1.47 bits per heavy atom. The van der Waals surface area contributed by atoms with E-state index in [1.165, 1.54) is 12.8 Å². The van der Waals surface area contributed by atoms with Crippen molar-refractivity contribution in [1.82, 2.24) is 10.3 Å². The maximum absolute atomic E-state index is 4.25. The van der Waals surface area contributed by atoms with Crippen molar-refractivity contribution in [1.29, 1.82) is 0 Å². The average molecular weight is 226 g/mol. The minimum Gasteiger partial charge on any atom is -0.309 e. The number of nitrogens with one attached hydrogen (secondary N) is 1. The van der Waals surface area contributed by atoms with E-state index in [9.17, 15) is 0 Å². The van der Waals surface area contributed by atoms with Gasteiger partial charge in [-0.05, 0) is 25.2 Å². The molecule has 1 atom stereocenters. The molecule has 1 heterocycles. The molecule has 0 aromatic carbocycles. The highest BCUT2D eigenvalue weighted by molar-refractivity contribution is 7.07. The van der Waals surface area contributed by atoms with E-state index >= 15 is 0 Å². The van der Waals surface area contributed by atoms with Crippen molar-refractivity contribution in [3.8, 4) is 0 Å². The third-order valence-corrected chi connectivity index (χ3v) is 3.08. The molecule has 15 heavy (non-hydrogen) atoms. The van der Waals surface area contributed by atoms with Gasteiger partial charge in [-0.15, -0.1) is 11.3 Å². The van der Waals surface area contributed by atoms with E-state index in [0.717, 1.165) is 12.2 Å². The fourth-order valence-electron chi connectivity index (χ4n) is 1.36. The lowest BCUT2D eigenvalue weighted by molar-refractivity contribution is 0.336. The van der Waals surface area contributed by atoms with Crippen LogP contribution in [0.3, 0.4) is 0 Å². The minimum atomic E-state index is 0.441. The zero-order valence-corrected chi connectivity index (χ0v) is 11.0. The van der Waals surface area contributed by atoms with E-state index in [1.807, 2.05) is 5.51 Å². The van der Waals surface area contributed by atoms with Crippen LogP contribution in [0, 0.1) is 5.41 Å². The second-order valence-corrected chi connectivity index (χ2v) is 6.08. The maximum atomic E-state index is 4.25. The maximum Gasteiger partial charge on any atom is 0.0795 e. The second kappa shape index (κ2) is 5.61. The molecular weight excluding hydrogens is 204 g/mol. The summed E-state index contributed by atoms with van der Waals surface area (Å²) in [5.41, 5.74) is 3.48. The van der Waals surface area contributed by atoms with E-state index in [2.05, 4.69) is 43.4 Å². The normalized spacial score (nSPS) is 14.1. The van der Waals surface area contributed by atoms with Gasteiger partial charge in [0, 0.05) is 18.0 Å². The van der Waals surface area contributed by atoms with Crippen molar-refractivity contribution in [3.63, 3.8) is 0 Å². The Bertz CT molecular complexity index is 262. The minimum absolute atomic E-state index is 0.441. The first kappa shape index (κ1) is 12.7. The average Bonchev–Trinajstić information content (AvgIpc) is 2.62. The van der Waals surface area contributed by atoms with Crippen LogP contribution in [0.15, 0.2) is 10.9 Å². The molecule has 1 unspecified atom stereocenters. The van der Waals surface area contributed by atoms with Crippen molar-refractivity contribution in [3.05, 3.63) is 16.6 Å². The Labute approximate surface area is 97.1 Å². The van der Waals surface area contributed by atoms with Crippen LogP contribution in [0.5, 0.6) is 0 Å². The van der Waals surface area contributed by atoms with E-state index in [4.69, 9.17) is 0 Å². The van der Waals surface area contributed by atoms with E-state index < -0.39 is 0 Å². The molecule has 2 nitrogen and oxygen atoms in total. The first-order chi connectivity index (χ1) is 6.97. The first-order valence-electron chi connectivity index (χ1n) is 5.58. The molecule has 0 bridgehead atoms. The van der Waals surface area contributed by atoms with Crippen LogP contribution in [0.4, 0.5) is 0 Å².